The molecule has 3 heteroatoms. The van der Waals surface area contributed by atoms with Gasteiger partial charge in [-0.15, -0.1) is 0 Å². The minimum absolute atomic E-state index is 0.254. The zero-order chi connectivity index (χ0) is 12.3. The van der Waals surface area contributed by atoms with Gasteiger partial charge < -0.3 is 5.11 Å². The third kappa shape index (κ3) is 3.46. The fourth-order valence-electron chi connectivity index (χ4n) is 2.69. The van der Waals surface area contributed by atoms with Crippen molar-refractivity contribution in [2.45, 2.75) is 59.0 Å². The second-order valence-corrected chi connectivity index (χ2v) is 6.07. The van der Waals surface area contributed by atoms with Crippen LogP contribution in [0.2, 0.25) is 0 Å². The number of alkyl halides is 1. The van der Waals surface area contributed by atoms with Crippen LogP contribution in [0.25, 0.3) is 0 Å². The van der Waals surface area contributed by atoms with E-state index >= 15 is 0 Å². The molecule has 0 saturated heterocycles. The molecule has 2 nitrogen and oxygen atoms in total. The van der Waals surface area contributed by atoms with E-state index < -0.39 is 12.1 Å². The summed E-state index contributed by atoms with van der Waals surface area (Å²) >= 11 is 0. The normalized spacial score (nSPS) is 29.5. The molecular formula is C13H23FO2. The summed E-state index contributed by atoms with van der Waals surface area (Å²) in [7, 11) is 0. The fraction of sp³-hybridized carbons (Fsp3) is 0.923. The first-order valence-electron chi connectivity index (χ1n) is 6.19. The van der Waals surface area contributed by atoms with Crippen molar-refractivity contribution in [1.29, 1.82) is 0 Å². The maximum Gasteiger partial charge on any atom is 0.338 e. The van der Waals surface area contributed by atoms with Crippen LogP contribution in [0.1, 0.15) is 52.9 Å². The van der Waals surface area contributed by atoms with Crippen LogP contribution in [0.15, 0.2) is 0 Å². The summed E-state index contributed by atoms with van der Waals surface area (Å²) in [5.74, 6) is -0.970. The van der Waals surface area contributed by atoms with E-state index in [1.807, 2.05) is 0 Å². The minimum atomic E-state index is -1.67. The average Bonchev–Trinajstić information content (AvgIpc) is 2.40. The molecule has 1 rings (SSSR count). The Bertz CT molecular complexity index is 245. The molecule has 0 aromatic carbocycles. The van der Waals surface area contributed by atoms with Crippen LogP contribution >= 0.6 is 0 Å². The summed E-state index contributed by atoms with van der Waals surface area (Å²) in [6.07, 6.45) is 2.79. The Labute approximate surface area is 97.2 Å². The number of carboxylic acid groups (broad SMARTS) is 1. The van der Waals surface area contributed by atoms with Crippen LogP contribution in [-0.2, 0) is 4.79 Å². The van der Waals surface area contributed by atoms with Crippen molar-refractivity contribution in [2.75, 3.05) is 0 Å². The Morgan fingerprint density at radius 2 is 1.88 bits per heavy atom. The lowest BCUT2D eigenvalue weighted by Gasteiger charge is -2.29. The third-order valence-corrected chi connectivity index (χ3v) is 3.89. The predicted molar refractivity (Wildman–Crippen MR) is 62.1 cm³/mol. The highest BCUT2D eigenvalue weighted by Crippen LogP contribution is 2.39. The number of hydrogen-bond donors (Lipinski definition) is 1. The second-order valence-electron chi connectivity index (χ2n) is 6.07. The van der Waals surface area contributed by atoms with Gasteiger partial charge in [0.2, 0.25) is 0 Å². The lowest BCUT2D eigenvalue weighted by Crippen LogP contribution is -2.25. The molecule has 0 spiro atoms. The first-order chi connectivity index (χ1) is 7.32. The number of rotatable bonds is 2. The van der Waals surface area contributed by atoms with Crippen LogP contribution in [0.3, 0.4) is 0 Å². The minimum Gasteiger partial charge on any atom is -0.479 e. The Balaban J connectivity index is 2.56. The molecule has 0 aliphatic heterocycles. The summed E-state index contributed by atoms with van der Waals surface area (Å²) in [5.41, 5.74) is 0.254. The SMILES string of the molecule is CC(C)(C)C1CCCC(C(F)C(=O)O)CC1. The van der Waals surface area contributed by atoms with Crippen molar-refractivity contribution in [3.05, 3.63) is 0 Å². The summed E-state index contributed by atoms with van der Waals surface area (Å²) < 4.78 is 13.4. The van der Waals surface area contributed by atoms with Gasteiger partial charge in [-0.1, -0.05) is 27.2 Å². The molecule has 0 bridgehead atoms. The highest BCUT2D eigenvalue weighted by Gasteiger charge is 2.33. The molecule has 3 atom stereocenters. The molecule has 0 aromatic heterocycles. The topological polar surface area (TPSA) is 37.3 Å². The van der Waals surface area contributed by atoms with Crippen molar-refractivity contribution in [1.82, 2.24) is 0 Å². The van der Waals surface area contributed by atoms with E-state index in [2.05, 4.69) is 20.8 Å². The Kier molecular flexibility index (Phi) is 4.34. The van der Waals surface area contributed by atoms with Crippen LogP contribution in [0.4, 0.5) is 4.39 Å². The molecule has 0 radical (unpaired) electrons. The summed E-state index contributed by atoms with van der Waals surface area (Å²) in [6.45, 7) is 6.63. The number of hydrogen-bond acceptors (Lipinski definition) is 1. The van der Waals surface area contributed by atoms with Crippen LogP contribution in [-0.4, -0.2) is 17.2 Å². The van der Waals surface area contributed by atoms with Crippen LogP contribution in [0.5, 0.6) is 0 Å². The molecule has 16 heavy (non-hydrogen) atoms. The Hall–Kier alpha value is -0.600. The first-order valence-corrected chi connectivity index (χ1v) is 6.19. The standard InChI is InChI=1S/C13H23FO2/c1-13(2,3)10-6-4-5-9(7-8-10)11(14)12(15)16/h9-11H,4-8H2,1-3H3,(H,15,16). The average molecular weight is 230 g/mol. The van der Waals surface area contributed by atoms with E-state index in [1.165, 1.54) is 0 Å². The van der Waals surface area contributed by atoms with Gasteiger partial charge in [0, 0.05) is 5.92 Å². The zero-order valence-electron chi connectivity index (χ0n) is 10.5. The van der Waals surface area contributed by atoms with Gasteiger partial charge in [-0.25, -0.2) is 9.18 Å². The van der Waals surface area contributed by atoms with E-state index in [4.69, 9.17) is 5.11 Å². The van der Waals surface area contributed by atoms with Gasteiger partial charge in [-0.05, 0) is 37.0 Å². The number of aliphatic carboxylic acids is 1. The van der Waals surface area contributed by atoms with Crippen LogP contribution in [0, 0.1) is 17.3 Å². The first kappa shape index (κ1) is 13.5. The predicted octanol–water partition coefficient (Wildman–Crippen LogP) is 3.65. The van der Waals surface area contributed by atoms with Crippen LogP contribution < -0.4 is 0 Å². The van der Waals surface area contributed by atoms with Gasteiger partial charge in [0.05, 0.1) is 0 Å². The number of carbonyl (C=O) groups is 1. The van der Waals surface area contributed by atoms with Crippen molar-refractivity contribution in [3.63, 3.8) is 0 Å². The quantitative estimate of drug-likeness (QED) is 0.735. The molecule has 3 unspecified atom stereocenters. The molecule has 1 aliphatic carbocycles. The molecule has 1 fully saturated rings. The number of carboxylic acids is 1. The lowest BCUT2D eigenvalue weighted by molar-refractivity contribution is -0.145. The second kappa shape index (κ2) is 5.15. The van der Waals surface area contributed by atoms with E-state index in [0.717, 1.165) is 32.1 Å². The van der Waals surface area contributed by atoms with Gasteiger partial charge in [0.25, 0.3) is 0 Å². The summed E-state index contributed by atoms with van der Waals surface area (Å²) in [5, 5.41) is 8.68. The molecule has 1 aliphatic rings. The van der Waals surface area contributed by atoms with Gasteiger partial charge in [-0.2, -0.15) is 0 Å². The highest BCUT2D eigenvalue weighted by molar-refractivity contribution is 5.72. The maximum atomic E-state index is 13.4. The largest absolute Gasteiger partial charge is 0.479 e. The summed E-state index contributed by atoms with van der Waals surface area (Å²) in [6, 6.07) is 0. The zero-order valence-corrected chi connectivity index (χ0v) is 10.5. The van der Waals surface area contributed by atoms with Crippen molar-refractivity contribution in [2.24, 2.45) is 17.3 Å². The van der Waals surface area contributed by atoms with Crippen molar-refractivity contribution >= 4 is 5.97 Å². The van der Waals surface area contributed by atoms with E-state index in [9.17, 15) is 9.18 Å². The smallest absolute Gasteiger partial charge is 0.338 e. The van der Waals surface area contributed by atoms with Crippen molar-refractivity contribution < 1.29 is 14.3 Å². The van der Waals surface area contributed by atoms with E-state index in [0.29, 0.717) is 5.92 Å². The molecule has 1 saturated carbocycles. The molecule has 0 amide bonds. The fourth-order valence-corrected chi connectivity index (χ4v) is 2.69. The third-order valence-electron chi connectivity index (χ3n) is 3.89. The van der Waals surface area contributed by atoms with Crippen molar-refractivity contribution in [3.8, 4) is 0 Å². The Morgan fingerprint density at radius 1 is 1.25 bits per heavy atom. The number of halogens is 1. The molecule has 94 valence electrons. The summed E-state index contributed by atoms with van der Waals surface area (Å²) in [4.78, 5) is 10.6. The molecule has 0 aromatic rings. The van der Waals surface area contributed by atoms with Gasteiger partial charge in [0.1, 0.15) is 0 Å². The monoisotopic (exact) mass is 230 g/mol. The Morgan fingerprint density at radius 3 is 2.38 bits per heavy atom. The van der Waals surface area contributed by atoms with Gasteiger partial charge >= 0.3 is 5.97 Å². The lowest BCUT2D eigenvalue weighted by atomic mass is 9.76. The molecule has 0 heterocycles. The maximum absolute atomic E-state index is 13.4. The van der Waals surface area contributed by atoms with E-state index in [1.54, 1.807) is 0 Å². The van der Waals surface area contributed by atoms with Gasteiger partial charge in [0.15, 0.2) is 6.17 Å². The van der Waals surface area contributed by atoms with E-state index in [-0.39, 0.29) is 11.3 Å². The molecule has 1 N–H and O–H groups in total. The van der Waals surface area contributed by atoms with Gasteiger partial charge in [-0.3, -0.25) is 0 Å². The highest BCUT2D eigenvalue weighted by atomic mass is 19.1. The molecular weight excluding hydrogens is 207 g/mol.